The van der Waals surface area contributed by atoms with E-state index in [2.05, 4.69) is 16.1 Å². The Hall–Kier alpha value is -1.74. The summed E-state index contributed by atoms with van der Waals surface area (Å²) in [7, 11) is 0. The van der Waals surface area contributed by atoms with Crippen molar-refractivity contribution in [3.05, 3.63) is 12.2 Å². The lowest BCUT2D eigenvalue weighted by Gasteiger charge is -2.42. The third kappa shape index (κ3) is 4.38. The molecule has 0 aliphatic rings. The van der Waals surface area contributed by atoms with Gasteiger partial charge in [0, 0.05) is 12.5 Å². The van der Waals surface area contributed by atoms with Gasteiger partial charge in [0.05, 0.1) is 0 Å². The van der Waals surface area contributed by atoms with Crippen molar-refractivity contribution in [1.29, 1.82) is 0 Å². The molecular formula is C13H16F6O4. The smallest absolute Gasteiger partial charge is 0.441 e. The van der Waals surface area contributed by atoms with Gasteiger partial charge in [0.1, 0.15) is 0 Å². The molecule has 23 heavy (non-hydrogen) atoms. The molecule has 1 atom stereocenters. The van der Waals surface area contributed by atoms with Gasteiger partial charge in [-0.15, -0.1) is 0 Å². The Morgan fingerprint density at radius 3 is 1.57 bits per heavy atom. The fourth-order valence-corrected chi connectivity index (χ4v) is 1.79. The zero-order chi connectivity index (χ0) is 18.8. The number of hydrogen-bond acceptors (Lipinski definition) is 4. The van der Waals surface area contributed by atoms with Crippen LogP contribution in [0.5, 0.6) is 0 Å². The molecule has 0 heterocycles. The van der Waals surface area contributed by atoms with Gasteiger partial charge in [0.2, 0.25) is 0 Å². The molecule has 134 valence electrons. The molecule has 0 aromatic carbocycles. The van der Waals surface area contributed by atoms with Crippen LogP contribution in [0.4, 0.5) is 26.3 Å². The SMILES string of the molecule is C=C(C)C(=O)OC(C(C)C)C(OC(C)=O)(C(F)(F)F)C(F)(F)F. The molecular weight excluding hydrogens is 334 g/mol. The van der Waals surface area contributed by atoms with Crippen molar-refractivity contribution >= 4 is 11.9 Å². The van der Waals surface area contributed by atoms with Gasteiger partial charge in [0.15, 0.2) is 6.10 Å². The Bertz CT molecular complexity index is 464. The summed E-state index contributed by atoms with van der Waals surface area (Å²) in [6.45, 7) is 6.46. The fourth-order valence-electron chi connectivity index (χ4n) is 1.79. The number of alkyl halides is 6. The van der Waals surface area contributed by atoms with Crippen LogP contribution in [0.25, 0.3) is 0 Å². The summed E-state index contributed by atoms with van der Waals surface area (Å²) in [5.74, 6) is -4.76. The van der Waals surface area contributed by atoms with Crippen molar-refractivity contribution in [3.8, 4) is 0 Å². The second-order valence-corrected chi connectivity index (χ2v) is 5.18. The van der Waals surface area contributed by atoms with E-state index in [1.165, 1.54) is 0 Å². The zero-order valence-electron chi connectivity index (χ0n) is 12.8. The Balaban J connectivity index is 6.39. The Kier molecular flexibility index (Phi) is 6.28. The summed E-state index contributed by atoms with van der Waals surface area (Å²) in [6.07, 6.45) is -15.0. The topological polar surface area (TPSA) is 52.6 Å². The predicted molar refractivity (Wildman–Crippen MR) is 66.1 cm³/mol. The highest BCUT2D eigenvalue weighted by molar-refractivity contribution is 5.87. The molecule has 0 amide bonds. The Morgan fingerprint density at radius 2 is 1.35 bits per heavy atom. The van der Waals surface area contributed by atoms with Crippen LogP contribution in [0.15, 0.2) is 12.2 Å². The lowest BCUT2D eigenvalue weighted by Crippen LogP contribution is -2.68. The van der Waals surface area contributed by atoms with Crippen molar-refractivity contribution < 1.29 is 45.4 Å². The van der Waals surface area contributed by atoms with E-state index in [0.717, 1.165) is 20.8 Å². The van der Waals surface area contributed by atoms with E-state index in [-0.39, 0.29) is 0 Å². The summed E-state index contributed by atoms with van der Waals surface area (Å²) in [4.78, 5) is 22.4. The van der Waals surface area contributed by atoms with Gasteiger partial charge in [-0.1, -0.05) is 20.4 Å². The highest BCUT2D eigenvalue weighted by Crippen LogP contribution is 2.50. The predicted octanol–water partition coefficient (Wildman–Crippen LogP) is 3.56. The number of ether oxygens (including phenoxy) is 2. The Labute approximate surface area is 128 Å². The first-order valence-corrected chi connectivity index (χ1v) is 6.27. The number of carbonyl (C=O) groups is 2. The van der Waals surface area contributed by atoms with Gasteiger partial charge < -0.3 is 9.47 Å². The Morgan fingerprint density at radius 1 is 0.957 bits per heavy atom. The van der Waals surface area contributed by atoms with Crippen molar-refractivity contribution in [2.45, 2.75) is 51.8 Å². The summed E-state index contributed by atoms with van der Waals surface area (Å²) < 4.78 is 87.7. The molecule has 0 aliphatic carbocycles. The molecule has 0 radical (unpaired) electrons. The minimum absolute atomic E-state index is 0.393. The van der Waals surface area contributed by atoms with Crippen LogP contribution >= 0.6 is 0 Å². The molecule has 0 aliphatic heterocycles. The molecule has 0 spiro atoms. The van der Waals surface area contributed by atoms with Crippen LogP contribution in [0.1, 0.15) is 27.7 Å². The van der Waals surface area contributed by atoms with Crippen molar-refractivity contribution in [1.82, 2.24) is 0 Å². The van der Waals surface area contributed by atoms with Crippen LogP contribution < -0.4 is 0 Å². The first kappa shape index (κ1) is 21.3. The van der Waals surface area contributed by atoms with Crippen LogP contribution in [-0.2, 0) is 19.1 Å². The number of rotatable bonds is 5. The standard InChI is InChI=1S/C13H16F6O4/c1-6(2)9(22-10(21)7(3)4)11(12(14,15)16,13(17,18)19)23-8(5)20/h6,9H,3H2,1-2,4-5H3. The fraction of sp³-hybridized carbons (Fsp3) is 0.692. The van der Waals surface area contributed by atoms with Crippen molar-refractivity contribution in [2.24, 2.45) is 5.92 Å². The van der Waals surface area contributed by atoms with E-state index in [1.54, 1.807) is 0 Å². The van der Waals surface area contributed by atoms with E-state index >= 15 is 0 Å². The lowest BCUT2D eigenvalue weighted by atomic mass is 9.86. The highest BCUT2D eigenvalue weighted by atomic mass is 19.4. The molecule has 0 rings (SSSR count). The van der Waals surface area contributed by atoms with Gasteiger partial charge in [-0.05, 0) is 12.8 Å². The molecule has 0 N–H and O–H groups in total. The number of carbonyl (C=O) groups excluding carboxylic acids is 2. The quantitative estimate of drug-likeness (QED) is 0.432. The minimum atomic E-state index is -6.07. The summed E-state index contributed by atoms with van der Waals surface area (Å²) in [5, 5.41) is 0. The van der Waals surface area contributed by atoms with E-state index < -0.39 is 47.5 Å². The third-order valence-corrected chi connectivity index (χ3v) is 2.74. The molecule has 0 aromatic heterocycles. The zero-order valence-corrected chi connectivity index (χ0v) is 12.8. The molecule has 0 saturated carbocycles. The van der Waals surface area contributed by atoms with Crippen LogP contribution in [0.3, 0.4) is 0 Å². The average Bonchev–Trinajstić information content (AvgIpc) is 2.28. The van der Waals surface area contributed by atoms with Gasteiger partial charge >= 0.3 is 29.9 Å². The number of esters is 2. The second kappa shape index (κ2) is 6.79. The van der Waals surface area contributed by atoms with Crippen LogP contribution in [-0.4, -0.2) is 36.0 Å². The van der Waals surface area contributed by atoms with Crippen molar-refractivity contribution in [2.75, 3.05) is 0 Å². The average molecular weight is 350 g/mol. The normalized spacial score (nSPS) is 14.4. The second-order valence-electron chi connectivity index (χ2n) is 5.18. The van der Waals surface area contributed by atoms with E-state index in [0.29, 0.717) is 6.92 Å². The monoisotopic (exact) mass is 350 g/mol. The molecule has 0 aromatic rings. The van der Waals surface area contributed by atoms with E-state index in [9.17, 15) is 35.9 Å². The van der Waals surface area contributed by atoms with Gasteiger partial charge in [-0.25, -0.2) is 4.79 Å². The summed E-state index contributed by atoms with van der Waals surface area (Å²) in [6, 6.07) is 0. The maximum atomic E-state index is 13.3. The molecule has 0 bridgehead atoms. The van der Waals surface area contributed by atoms with E-state index in [1.807, 2.05) is 0 Å². The third-order valence-electron chi connectivity index (χ3n) is 2.74. The van der Waals surface area contributed by atoms with Crippen LogP contribution in [0, 0.1) is 5.92 Å². The molecule has 10 heteroatoms. The number of halogens is 6. The first-order chi connectivity index (χ1) is 10.1. The highest BCUT2D eigenvalue weighted by Gasteiger charge is 2.79. The van der Waals surface area contributed by atoms with Gasteiger partial charge in [-0.2, -0.15) is 26.3 Å². The maximum absolute atomic E-state index is 13.3. The maximum Gasteiger partial charge on any atom is 0.441 e. The number of hydrogen-bond donors (Lipinski definition) is 0. The van der Waals surface area contributed by atoms with Crippen molar-refractivity contribution in [3.63, 3.8) is 0 Å². The molecule has 0 fully saturated rings. The summed E-state index contributed by atoms with van der Waals surface area (Å²) >= 11 is 0. The lowest BCUT2D eigenvalue weighted by molar-refractivity contribution is -0.395. The largest absolute Gasteiger partial charge is 0.454 e. The van der Waals surface area contributed by atoms with E-state index in [4.69, 9.17) is 0 Å². The summed E-state index contributed by atoms with van der Waals surface area (Å²) in [5.41, 5.74) is -5.39. The molecule has 4 nitrogen and oxygen atoms in total. The first-order valence-electron chi connectivity index (χ1n) is 6.27. The van der Waals surface area contributed by atoms with Crippen LogP contribution in [0.2, 0.25) is 0 Å². The van der Waals surface area contributed by atoms with Gasteiger partial charge in [-0.3, -0.25) is 4.79 Å². The molecule has 1 unspecified atom stereocenters. The molecule has 0 saturated heterocycles. The minimum Gasteiger partial charge on any atom is -0.454 e. The van der Waals surface area contributed by atoms with Gasteiger partial charge in [0.25, 0.3) is 0 Å².